The van der Waals surface area contributed by atoms with Crippen molar-refractivity contribution in [1.29, 1.82) is 0 Å². The van der Waals surface area contributed by atoms with Crippen LogP contribution >= 0.6 is 0 Å². The number of benzene rings is 2. The van der Waals surface area contributed by atoms with Gasteiger partial charge in [-0.1, -0.05) is 6.07 Å². The van der Waals surface area contributed by atoms with E-state index in [1.807, 2.05) is 0 Å². The fraction of sp³-hybridized carbons (Fsp3) is 0.364. The van der Waals surface area contributed by atoms with Crippen molar-refractivity contribution in [2.24, 2.45) is 0 Å². The van der Waals surface area contributed by atoms with E-state index in [9.17, 15) is 22.4 Å². The standard InChI is InChI=1S/C22H24FN3O5S/c1-13-4-5-16(11-17(13)23)22(28)25-6-8-26(9-7-25)32(29,30)20-12-19-18(10-14(20)2)24-21(27)15(3)31-19/h4-5,10-12,15H,6-9H2,1-3H3,(H,24,27)/t15-/m1/s1. The molecule has 2 aliphatic heterocycles. The van der Waals surface area contributed by atoms with Crippen LogP contribution in [0.15, 0.2) is 35.2 Å². The number of piperazine rings is 1. The monoisotopic (exact) mass is 461 g/mol. The van der Waals surface area contributed by atoms with Crippen molar-refractivity contribution in [2.45, 2.75) is 31.8 Å². The smallest absolute Gasteiger partial charge is 0.265 e. The van der Waals surface area contributed by atoms with Crippen molar-refractivity contribution in [3.63, 3.8) is 0 Å². The number of hydrogen-bond donors (Lipinski definition) is 1. The molecule has 0 aromatic heterocycles. The Balaban J connectivity index is 1.51. The molecule has 2 heterocycles. The number of sulfonamides is 1. The van der Waals surface area contributed by atoms with E-state index < -0.39 is 21.9 Å². The van der Waals surface area contributed by atoms with Crippen LogP contribution in [0.5, 0.6) is 5.75 Å². The normalized spacial score (nSPS) is 19.2. The van der Waals surface area contributed by atoms with Crippen LogP contribution in [0.4, 0.5) is 10.1 Å². The Morgan fingerprint density at radius 3 is 2.44 bits per heavy atom. The third-order valence-corrected chi connectivity index (χ3v) is 7.81. The van der Waals surface area contributed by atoms with Gasteiger partial charge >= 0.3 is 0 Å². The number of ether oxygens (including phenoxy) is 1. The minimum Gasteiger partial charge on any atom is -0.479 e. The molecule has 170 valence electrons. The van der Waals surface area contributed by atoms with Crippen LogP contribution in [0.1, 0.15) is 28.4 Å². The average molecular weight is 462 g/mol. The Labute approximate surface area is 186 Å². The molecule has 0 saturated carbocycles. The quantitative estimate of drug-likeness (QED) is 0.757. The number of nitrogens with zero attached hydrogens (tertiary/aromatic N) is 2. The molecule has 2 aliphatic rings. The number of carbonyl (C=O) groups excluding carboxylic acids is 2. The van der Waals surface area contributed by atoms with Gasteiger partial charge in [0, 0.05) is 37.8 Å². The molecule has 32 heavy (non-hydrogen) atoms. The average Bonchev–Trinajstić information content (AvgIpc) is 2.76. The highest BCUT2D eigenvalue weighted by atomic mass is 32.2. The van der Waals surface area contributed by atoms with E-state index in [1.54, 1.807) is 39.0 Å². The third kappa shape index (κ3) is 3.95. The number of rotatable bonds is 3. The van der Waals surface area contributed by atoms with Crippen molar-refractivity contribution >= 4 is 27.5 Å². The first kappa shape index (κ1) is 22.2. The predicted octanol–water partition coefficient (Wildman–Crippen LogP) is 2.31. The lowest BCUT2D eigenvalue weighted by molar-refractivity contribution is -0.122. The molecule has 1 fully saturated rings. The summed E-state index contributed by atoms with van der Waals surface area (Å²) in [5.41, 5.74) is 1.61. The number of amides is 2. The van der Waals surface area contributed by atoms with E-state index >= 15 is 0 Å². The molecule has 0 unspecified atom stereocenters. The zero-order valence-electron chi connectivity index (χ0n) is 18.0. The van der Waals surface area contributed by atoms with E-state index in [1.165, 1.54) is 21.3 Å². The summed E-state index contributed by atoms with van der Waals surface area (Å²) in [5.74, 6) is -0.769. The lowest BCUT2D eigenvalue weighted by atomic mass is 10.1. The largest absolute Gasteiger partial charge is 0.479 e. The van der Waals surface area contributed by atoms with Crippen molar-refractivity contribution < 1.29 is 27.1 Å². The van der Waals surface area contributed by atoms with Gasteiger partial charge < -0.3 is 15.0 Å². The van der Waals surface area contributed by atoms with Crippen LogP contribution in [0.25, 0.3) is 0 Å². The van der Waals surface area contributed by atoms with Crippen molar-refractivity contribution in [2.75, 3.05) is 31.5 Å². The van der Waals surface area contributed by atoms with Crippen molar-refractivity contribution in [1.82, 2.24) is 9.21 Å². The van der Waals surface area contributed by atoms with Gasteiger partial charge in [0.25, 0.3) is 11.8 Å². The third-order valence-electron chi connectivity index (χ3n) is 5.77. The highest BCUT2D eigenvalue weighted by Crippen LogP contribution is 2.35. The van der Waals surface area contributed by atoms with E-state index in [-0.39, 0.29) is 48.5 Å². The van der Waals surface area contributed by atoms with E-state index in [0.29, 0.717) is 22.6 Å². The Hall–Kier alpha value is -2.98. The lowest BCUT2D eigenvalue weighted by Crippen LogP contribution is -2.50. The van der Waals surface area contributed by atoms with Crippen molar-refractivity contribution in [3.8, 4) is 5.75 Å². The molecular formula is C22H24FN3O5S. The van der Waals surface area contributed by atoms with Crippen LogP contribution in [-0.4, -0.2) is 61.7 Å². The minimum absolute atomic E-state index is 0.0972. The molecule has 0 aliphatic carbocycles. The fourth-order valence-corrected chi connectivity index (χ4v) is 5.44. The van der Waals surface area contributed by atoms with Crippen LogP contribution in [0, 0.1) is 19.7 Å². The molecule has 0 spiro atoms. The first-order valence-electron chi connectivity index (χ1n) is 10.3. The Morgan fingerprint density at radius 2 is 1.78 bits per heavy atom. The number of carbonyl (C=O) groups is 2. The number of halogens is 1. The summed E-state index contributed by atoms with van der Waals surface area (Å²) in [6.45, 7) is 5.49. The second-order valence-electron chi connectivity index (χ2n) is 8.02. The van der Waals surface area contributed by atoms with Gasteiger partial charge in [0.15, 0.2) is 6.10 Å². The number of aryl methyl sites for hydroxylation is 2. The Kier molecular flexibility index (Phi) is 5.68. The Bertz CT molecular complexity index is 1210. The van der Waals surface area contributed by atoms with E-state index in [0.717, 1.165) is 0 Å². The summed E-state index contributed by atoms with van der Waals surface area (Å²) < 4.78 is 47.3. The van der Waals surface area contributed by atoms with Gasteiger partial charge in [-0.25, -0.2) is 12.8 Å². The van der Waals surface area contributed by atoms with Crippen LogP contribution in [0.2, 0.25) is 0 Å². The molecule has 0 radical (unpaired) electrons. The highest BCUT2D eigenvalue weighted by Gasteiger charge is 2.33. The number of fused-ring (bicyclic) bond motifs is 1. The fourth-order valence-electron chi connectivity index (χ4n) is 3.80. The summed E-state index contributed by atoms with van der Waals surface area (Å²) in [5, 5.41) is 2.71. The topological polar surface area (TPSA) is 96.0 Å². The summed E-state index contributed by atoms with van der Waals surface area (Å²) >= 11 is 0. The van der Waals surface area contributed by atoms with Crippen LogP contribution < -0.4 is 10.1 Å². The van der Waals surface area contributed by atoms with Crippen molar-refractivity contribution in [3.05, 3.63) is 52.8 Å². The summed E-state index contributed by atoms with van der Waals surface area (Å²) in [6, 6.07) is 7.34. The van der Waals surface area contributed by atoms with Gasteiger partial charge in [-0.3, -0.25) is 9.59 Å². The molecule has 4 rings (SSSR count). The molecule has 2 aromatic rings. The molecule has 1 atom stereocenters. The molecule has 0 bridgehead atoms. The van der Waals surface area contributed by atoms with Gasteiger partial charge in [0.05, 0.1) is 10.6 Å². The van der Waals surface area contributed by atoms with Crippen LogP contribution in [0.3, 0.4) is 0 Å². The predicted molar refractivity (Wildman–Crippen MR) is 116 cm³/mol. The van der Waals surface area contributed by atoms with E-state index in [4.69, 9.17) is 4.74 Å². The summed E-state index contributed by atoms with van der Waals surface area (Å²) in [4.78, 5) is 26.1. The van der Waals surface area contributed by atoms with Gasteiger partial charge in [0.1, 0.15) is 11.6 Å². The van der Waals surface area contributed by atoms with Gasteiger partial charge in [0.2, 0.25) is 10.0 Å². The lowest BCUT2D eigenvalue weighted by Gasteiger charge is -2.34. The maximum Gasteiger partial charge on any atom is 0.265 e. The minimum atomic E-state index is -3.84. The van der Waals surface area contributed by atoms with Gasteiger partial charge in [-0.05, 0) is 50.1 Å². The second kappa shape index (κ2) is 8.18. The zero-order valence-corrected chi connectivity index (χ0v) is 18.8. The summed E-state index contributed by atoms with van der Waals surface area (Å²) in [6.07, 6.45) is -0.720. The number of nitrogens with one attached hydrogen (secondary N) is 1. The second-order valence-corrected chi connectivity index (χ2v) is 9.93. The van der Waals surface area contributed by atoms with Gasteiger partial charge in [-0.15, -0.1) is 0 Å². The molecule has 1 saturated heterocycles. The maximum absolute atomic E-state index is 13.8. The first-order chi connectivity index (χ1) is 15.1. The number of hydrogen-bond acceptors (Lipinski definition) is 5. The molecule has 1 N–H and O–H groups in total. The molecule has 10 heteroatoms. The molecule has 2 amide bonds. The first-order valence-corrected chi connectivity index (χ1v) is 11.7. The molecule has 8 nitrogen and oxygen atoms in total. The Morgan fingerprint density at radius 1 is 1.09 bits per heavy atom. The number of anilines is 1. The van der Waals surface area contributed by atoms with Gasteiger partial charge in [-0.2, -0.15) is 4.31 Å². The maximum atomic E-state index is 13.8. The molecule has 2 aromatic carbocycles. The zero-order chi connectivity index (χ0) is 23.2. The SMILES string of the molecule is Cc1ccc(C(=O)N2CCN(S(=O)(=O)c3cc4c(cc3C)NC(=O)[C@@H](C)O4)CC2)cc1F. The van der Waals surface area contributed by atoms with Crippen LogP contribution in [-0.2, 0) is 14.8 Å². The summed E-state index contributed by atoms with van der Waals surface area (Å²) in [7, 11) is -3.84. The molecular weight excluding hydrogens is 437 g/mol. The van der Waals surface area contributed by atoms with E-state index in [2.05, 4.69) is 5.32 Å². The highest BCUT2D eigenvalue weighted by molar-refractivity contribution is 7.89.